The highest BCUT2D eigenvalue weighted by atomic mass is 19.1. The van der Waals surface area contributed by atoms with E-state index in [0.717, 1.165) is 17.1 Å². The smallest absolute Gasteiger partial charge is 0.252 e. The van der Waals surface area contributed by atoms with E-state index in [-0.39, 0.29) is 5.91 Å². The molecule has 0 spiro atoms. The molecule has 0 aliphatic heterocycles. The van der Waals surface area contributed by atoms with Crippen molar-refractivity contribution < 1.29 is 9.18 Å². The summed E-state index contributed by atoms with van der Waals surface area (Å²) in [6.07, 6.45) is 3.39. The predicted molar refractivity (Wildman–Crippen MR) is 112 cm³/mol. The molecule has 0 aliphatic carbocycles. The Labute approximate surface area is 174 Å². The van der Waals surface area contributed by atoms with E-state index < -0.39 is 11.9 Å². The van der Waals surface area contributed by atoms with Gasteiger partial charge in [-0.05, 0) is 50.2 Å². The first-order valence-corrected chi connectivity index (χ1v) is 9.60. The molecule has 7 heteroatoms. The molecular weight excluding hydrogens is 381 g/mol. The highest BCUT2D eigenvalue weighted by Gasteiger charge is 2.24. The van der Waals surface area contributed by atoms with Crippen LogP contribution in [-0.4, -0.2) is 25.2 Å². The number of carbonyl (C=O) groups excluding carboxylic acids is 1. The molecule has 0 radical (unpaired) electrons. The number of hydrogen-bond acceptors (Lipinski definition) is 3. The molecule has 2 aromatic heterocycles. The van der Waals surface area contributed by atoms with Crippen LogP contribution in [0.4, 0.5) is 4.39 Å². The number of carbonyl (C=O) groups is 1. The second kappa shape index (κ2) is 7.94. The van der Waals surface area contributed by atoms with Gasteiger partial charge in [0, 0.05) is 36.3 Å². The first kappa shape index (κ1) is 19.6. The van der Waals surface area contributed by atoms with E-state index in [2.05, 4.69) is 15.4 Å². The third kappa shape index (κ3) is 3.74. The number of benzene rings is 2. The van der Waals surface area contributed by atoms with E-state index >= 15 is 0 Å². The summed E-state index contributed by atoms with van der Waals surface area (Å²) in [5.74, 6) is -0.162. The van der Waals surface area contributed by atoms with Crippen molar-refractivity contribution in [1.82, 2.24) is 24.6 Å². The third-order valence-electron chi connectivity index (χ3n) is 4.99. The molecule has 0 fully saturated rings. The van der Waals surface area contributed by atoms with Gasteiger partial charge < -0.3 is 9.88 Å². The lowest BCUT2D eigenvalue weighted by atomic mass is 10.0. The van der Waals surface area contributed by atoms with Gasteiger partial charge in [-0.1, -0.05) is 18.2 Å². The topological polar surface area (TPSA) is 64.7 Å². The van der Waals surface area contributed by atoms with Crippen LogP contribution in [0.1, 0.15) is 39.2 Å². The lowest BCUT2D eigenvalue weighted by molar-refractivity contribution is 0.0940. The van der Waals surface area contributed by atoms with E-state index in [1.54, 1.807) is 47.3 Å². The quantitative estimate of drug-likeness (QED) is 0.550. The van der Waals surface area contributed by atoms with Crippen molar-refractivity contribution in [2.45, 2.75) is 19.9 Å². The van der Waals surface area contributed by atoms with Crippen molar-refractivity contribution in [3.8, 4) is 5.69 Å². The van der Waals surface area contributed by atoms with Gasteiger partial charge in [-0.25, -0.2) is 14.1 Å². The summed E-state index contributed by atoms with van der Waals surface area (Å²) >= 11 is 0. The number of nitrogens with one attached hydrogen (secondary N) is 1. The van der Waals surface area contributed by atoms with Crippen molar-refractivity contribution in [3.05, 3.63) is 101 Å². The van der Waals surface area contributed by atoms with E-state index in [0.29, 0.717) is 17.0 Å². The summed E-state index contributed by atoms with van der Waals surface area (Å²) in [6.45, 7) is 3.91. The number of halogens is 1. The van der Waals surface area contributed by atoms with E-state index in [9.17, 15) is 9.18 Å². The summed E-state index contributed by atoms with van der Waals surface area (Å²) < 4.78 is 18.1. The van der Waals surface area contributed by atoms with Crippen LogP contribution in [0.2, 0.25) is 0 Å². The van der Waals surface area contributed by atoms with Gasteiger partial charge in [-0.3, -0.25) is 4.79 Å². The Hall–Kier alpha value is -3.74. The third-order valence-corrected chi connectivity index (χ3v) is 4.99. The molecule has 0 bridgehead atoms. The zero-order valence-electron chi connectivity index (χ0n) is 17.0. The first-order chi connectivity index (χ1) is 14.4. The summed E-state index contributed by atoms with van der Waals surface area (Å²) in [6, 6.07) is 14.8. The first-order valence-electron chi connectivity index (χ1n) is 9.60. The zero-order chi connectivity index (χ0) is 21.3. The molecule has 2 aromatic carbocycles. The number of nitrogens with zero attached hydrogens (tertiary/aromatic N) is 4. The van der Waals surface area contributed by atoms with Gasteiger partial charge in [0.05, 0.1) is 11.4 Å². The number of hydrogen-bond donors (Lipinski definition) is 1. The fourth-order valence-corrected chi connectivity index (χ4v) is 3.50. The molecule has 1 atom stereocenters. The molecule has 2 heterocycles. The Balaban J connectivity index is 1.62. The highest BCUT2D eigenvalue weighted by molar-refractivity contribution is 5.94. The van der Waals surface area contributed by atoms with Gasteiger partial charge >= 0.3 is 0 Å². The van der Waals surface area contributed by atoms with Gasteiger partial charge in [0.1, 0.15) is 17.7 Å². The van der Waals surface area contributed by atoms with Crippen LogP contribution in [0.15, 0.2) is 67.0 Å². The summed E-state index contributed by atoms with van der Waals surface area (Å²) in [7, 11) is 1.81. The van der Waals surface area contributed by atoms with Crippen LogP contribution in [-0.2, 0) is 7.05 Å². The number of aryl methyl sites for hydroxylation is 3. The maximum atomic E-state index is 14.5. The average Bonchev–Trinajstić information content (AvgIpc) is 3.31. The second-order valence-electron chi connectivity index (χ2n) is 7.21. The van der Waals surface area contributed by atoms with Gasteiger partial charge in [0.15, 0.2) is 0 Å². The summed E-state index contributed by atoms with van der Waals surface area (Å²) in [5.41, 5.74) is 3.64. The largest absolute Gasteiger partial charge is 0.338 e. The Morgan fingerprint density at radius 3 is 2.43 bits per heavy atom. The molecule has 1 N–H and O–H groups in total. The molecule has 0 saturated heterocycles. The highest BCUT2D eigenvalue weighted by Crippen LogP contribution is 2.24. The van der Waals surface area contributed by atoms with Crippen LogP contribution in [0.5, 0.6) is 0 Å². The number of imidazole rings is 1. The van der Waals surface area contributed by atoms with E-state index in [1.165, 1.54) is 6.07 Å². The normalized spacial score (nSPS) is 12.0. The lowest BCUT2D eigenvalue weighted by Crippen LogP contribution is -2.31. The predicted octanol–water partition coefficient (Wildman–Crippen LogP) is 3.88. The molecular formula is C23H22FN5O. The number of rotatable bonds is 5. The Bertz CT molecular complexity index is 1190. The maximum absolute atomic E-state index is 14.5. The number of aromatic nitrogens is 4. The minimum Gasteiger partial charge on any atom is -0.338 e. The molecule has 0 saturated carbocycles. The monoisotopic (exact) mass is 403 g/mol. The van der Waals surface area contributed by atoms with Gasteiger partial charge in [-0.15, -0.1) is 0 Å². The summed E-state index contributed by atoms with van der Waals surface area (Å²) in [4.78, 5) is 17.3. The number of amides is 1. The molecule has 0 unspecified atom stereocenters. The van der Waals surface area contributed by atoms with Crippen LogP contribution in [0.3, 0.4) is 0 Å². The van der Waals surface area contributed by atoms with Crippen LogP contribution < -0.4 is 5.32 Å². The Morgan fingerprint density at radius 1 is 1.10 bits per heavy atom. The lowest BCUT2D eigenvalue weighted by Gasteiger charge is -2.20. The molecule has 4 aromatic rings. The minimum absolute atomic E-state index is 0.314. The minimum atomic E-state index is -0.714. The van der Waals surface area contributed by atoms with Crippen molar-refractivity contribution in [1.29, 1.82) is 0 Å². The van der Waals surface area contributed by atoms with Crippen LogP contribution in [0.25, 0.3) is 5.69 Å². The Morgan fingerprint density at radius 2 is 1.83 bits per heavy atom. The summed E-state index contributed by atoms with van der Waals surface area (Å²) in [5, 5.41) is 7.38. The van der Waals surface area contributed by atoms with E-state index in [1.807, 2.05) is 43.8 Å². The van der Waals surface area contributed by atoms with Crippen molar-refractivity contribution in [2.24, 2.45) is 7.05 Å². The van der Waals surface area contributed by atoms with Crippen LogP contribution in [0, 0.1) is 19.7 Å². The fraction of sp³-hybridized carbons (Fsp3) is 0.174. The molecule has 1 amide bonds. The molecule has 0 aliphatic rings. The molecule has 6 nitrogen and oxygen atoms in total. The molecule has 30 heavy (non-hydrogen) atoms. The maximum Gasteiger partial charge on any atom is 0.252 e. The average molecular weight is 403 g/mol. The van der Waals surface area contributed by atoms with E-state index in [4.69, 9.17) is 0 Å². The zero-order valence-corrected chi connectivity index (χ0v) is 17.0. The van der Waals surface area contributed by atoms with Crippen molar-refractivity contribution in [3.63, 3.8) is 0 Å². The van der Waals surface area contributed by atoms with Gasteiger partial charge in [0.25, 0.3) is 5.91 Å². The second-order valence-corrected chi connectivity index (χ2v) is 7.21. The van der Waals surface area contributed by atoms with Crippen molar-refractivity contribution in [2.75, 3.05) is 0 Å². The van der Waals surface area contributed by atoms with Crippen LogP contribution >= 0.6 is 0 Å². The SMILES string of the molecule is Cc1cc(C)n(-c2ccc(C(=O)N[C@@H](c3ccccc3F)c3nccn3C)cc2)n1. The van der Waals surface area contributed by atoms with Gasteiger partial charge in [0.2, 0.25) is 0 Å². The standard InChI is InChI=1S/C23H22FN5O/c1-15-14-16(2)29(27-15)18-10-8-17(9-11-18)23(30)26-21(22-25-12-13-28(22)3)19-6-4-5-7-20(19)24/h4-14,21H,1-3H3,(H,26,30)/t21-/m0/s1. The fourth-order valence-electron chi connectivity index (χ4n) is 3.50. The van der Waals surface area contributed by atoms with Crippen molar-refractivity contribution >= 4 is 5.91 Å². The molecule has 4 rings (SSSR count). The Kier molecular flexibility index (Phi) is 5.18. The van der Waals surface area contributed by atoms with Gasteiger partial charge in [-0.2, -0.15) is 5.10 Å². The molecule has 152 valence electrons.